The van der Waals surface area contributed by atoms with E-state index in [0.29, 0.717) is 14.9 Å². The molecule has 0 aliphatic rings. The van der Waals surface area contributed by atoms with E-state index in [1.54, 1.807) is 18.2 Å². The summed E-state index contributed by atoms with van der Waals surface area (Å²) in [5.74, 6) is -0.451. The number of nitrogens with two attached hydrogens (primary N) is 1. The number of carbonyl (C=O) groups excluding carboxylic acids is 1. The van der Waals surface area contributed by atoms with Crippen LogP contribution < -0.4 is 5.73 Å². The lowest BCUT2D eigenvalue weighted by Gasteiger charge is -2.00. The Balaban J connectivity index is 3.27. The molecule has 0 atom stereocenters. The summed E-state index contributed by atoms with van der Waals surface area (Å²) in [5.41, 5.74) is 5.54. The van der Waals surface area contributed by atoms with Gasteiger partial charge in [-0.1, -0.05) is 6.07 Å². The Hall–Kier alpha value is -0.480. The third-order valence-electron chi connectivity index (χ3n) is 1.24. The molecule has 0 bridgehead atoms. The second kappa shape index (κ2) is 3.28. The van der Waals surface area contributed by atoms with E-state index in [0.717, 1.165) is 0 Å². The first-order valence-corrected chi connectivity index (χ1v) is 4.14. The number of primary amides is 1. The molecule has 0 saturated carbocycles. The molecule has 0 saturated heterocycles. The zero-order valence-corrected chi connectivity index (χ0v) is 8.02. The predicted molar refractivity (Wildman–Crippen MR) is 49.9 cm³/mol. The van der Waals surface area contributed by atoms with Gasteiger partial charge in [0.2, 0.25) is 5.91 Å². The molecule has 0 spiro atoms. The van der Waals surface area contributed by atoms with E-state index in [-0.39, 0.29) is 0 Å². The van der Waals surface area contributed by atoms with Gasteiger partial charge in [-0.3, -0.25) is 4.79 Å². The van der Waals surface area contributed by atoms with Gasteiger partial charge in [-0.2, -0.15) is 0 Å². The van der Waals surface area contributed by atoms with Gasteiger partial charge in [0.05, 0.1) is 5.56 Å². The SMILES string of the molecule is NC(=O)c1cccc(S)c1Br. The minimum absolute atomic E-state index is 0.451. The number of rotatable bonds is 1. The van der Waals surface area contributed by atoms with E-state index < -0.39 is 5.91 Å². The standard InChI is InChI=1S/C7H6BrNOS/c8-6-4(7(9)10)2-1-3-5(6)11/h1-3,11H,(H2,9,10). The van der Waals surface area contributed by atoms with E-state index in [9.17, 15) is 4.79 Å². The normalized spacial score (nSPS) is 9.64. The molecule has 4 heteroatoms. The van der Waals surface area contributed by atoms with Gasteiger partial charge in [-0.25, -0.2) is 0 Å². The molecule has 2 N–H and O–H groups in total. The van der Waals surface area contributed by atoms with E-state index >= 15 is 0 Å². The Labute approximate surface area is 78.3 Å². The van der Waals surface area contributed by atoms with Crippen molar-refractivity contribution in [3.8, 4) is 0 Å². The quantitative estimate of drug-likeness (QED) is 0.713. The first-order valence-electron chi connectivity index (χ1n) is 2.90. The summed E-state index contributed by atoms with van der Waals surface area (Å²) < 4.78 is 0.649. The molecule has 2 nitrogen and oxygen atoms in total. The van der Waals surface area contributed by atoms with Crippen LogP contribution in [0.15, 0.2) is 27.6 Å². The average Bonchev–Trinajstić information content (AvgIpc) is 1.94. The maximum atomic E-state index is 10.7. The summed E-state index contributed by atoms with van der Waals surface area (Å²) in [4.78, 5) is 11.4. The molecule has 0 aliphatic heterocycles. The van der Waals surface area contributed by atoms with Crippen molar-refractivity contribution in [2.45, 2.75) is 4.90 Å². The van der Waals surface area contributed by atoms with E-state index in [2.05, 4.69) is 28.6 Å². The molecule has 11 heavy (non-hydrogen) atoms. The first-order chi connectivity index (χ1) is 5.13. The van der Waals surface area contributed by atoms with Crippen LogP contribution in [0.5, 0.6) is 0 Å². The molecule has 1 amide bonds. The van der Waals surface area contributed by atoms with Crippen LogP contribution in [0, 0.1) is 0 Å². The van der Waals surface area contributed by atoms with Crippen LogP contribution in [0.1, 0.15) is 10.4 Å². The Bertz CT molecular complexity index is 300. The van der Waals surface area contributed by atoms with Gasteiger partial charge in [-0.05, 0) is 28.1 Å². The number of amides is 1. The highest BCUT2D eigenvalue weighted by atomic mass is 79.9. The molecule has 0 aromatic heterocycles. The molecule has 0 aliphatic carbocycles. The van der Waals surface area contributed by atoms with E-state index in [4.69, 9.17) is 5.73 Å². The Kier molecular flexibility index (Phi) is 2.57. The smallest absolute Gasteiger partial charge is 0.249 e. The molecular weight excluding hydrogens is 226 g/mol. The van der Waals surface area contributed by atoms with Crippen LogP contribution in [-0.2, 0) is 0 Å². The van der Waals surface area contributed by atoms with Crippen molar-refractivity contribution in [1.29, 1.82) is 0 Å². The van der Waals surface area contributed by atoms with Crippen LogP contribution in [0.2, 0.25) is 0 Å². The number of hydrogen-bond acceptors (Lipinski definition) is 2. The summed E-state index contributed by atoms with van der Waals surface area (Å²) in [5, 5.41) is 0. The largest absolute Gasteiger partial charge is 0.366 e. The van der Waals surface area contributed by atoms with Crippen LogP contribution >= 0.6 is 28.6 Å². The van der Waals surface area contributed by atoms with Crippen molar-refractivity contribution in [3.05, 3.63) is 28.2 Å². The highest BCUT2D eigenvalue weighted by molar-refractivity contribution is 9.10. The summed E-state index contributed by atoms with van der Waals surface area (Å²) in [6.45, 7) is 0. The maximum absolute atomic E-state index is 10.7. The van der Waals surface area contributed by atoms with Crippen LogP contribution in [0.4, 0.5) is 0 Å². The molecule has 1 aromatic rings. The lowest BCUT2D eigenvalue weighted by atomic mass is 10.2. The van der Waals surface area contributed by atoms with Gasteiger partial charge in [0.1, 0.15) is 0 Å². The molecule has 0 fully saturated rings. The molecule has 1 rings (SSSR count). The predicted octanol–water partition coefficient (Wildman–Crippen LogP) is 1.84. The number of halogens is 1. The Morgan fingerprint density at radius 3 is 2.64 bits per heavy atom. The van der Waals surface area contributed by atoms with Gasteiger partial charge >= 0.3 is 0 Å². The van der Waals surface area contributed by atoms with Crippen LogP contribution in [-0.4, -0.2) is 5.91 Å². The third-order valence-corrected chi connectivity index (χ3v) is 2.78. The van der Waals surface area contributed by atoms with Crippen molar-refractivity contribution in [2.75, 3.05) is 0 Å². The van der Waals surface area contributed by atoms with Crippen molar-refractivity contribution in [1.82, 2.24) is 0 Å². The lowest BCUT2D eigenvalue weighted by molar-refractivity contribution is 0.0999. The fraction of sp³-hybridized carbons (Fsp3) is 0. The zero-order valence-electron chi connectivity index (χ0n) is 5.54. The van der Waals surface area contributed by atoms with Crippen molar-refractivity contribution < 1.29 is 4.79 Å². The monoisotopic (exact) mass is 231 g/mol. The van der Waals surface area contributed by atoms with Crippen LogP contribution in [0.3, 0.4) is 0 Å². The molecule has 0 unspecified atom stereocenters. The number of hydrogen-bond donors (Lipinski definition) is 2. The Morgan fingerprint density at radius 2 is 2.18 bits per heavy atom. The maximum Gasteiger partial charge on any atom is 0.249 e. The molecule has 58 valence electrons. The molecule has 0 radical (unpaired) electrons. The van der Waals surface area contributed by atoms with Crippen molar-refractivity contribution in [3.63, 3.8) is 0 Å². The first kappa shape index (κ1) is 8.62. The van der Waals surface area contributed by atoms with Gasteiger partial charge < -0.3 is 5.73 Å². The summed E-state index contributed by atoms with van der Waals surface area (Å²) in [7, 11) is 0. The van der Waals surface area contributed by atoms with Gasteiger partial charge in [0.25, 0.3) is 0 Å². The second-order valence-electron chi connectivity index (χ2n) is 2.00. The molecular formula is C7H6BrNOS. The van der Waals surface area contributed by atoms with Gasteiger partial charge in [0.15, 0.2) is 0 Å². The highest BCUT2D eigenvalue weighted by Gasteiger charge is 2.06. The Morgan fingerprint density at radius 1 is 1.55 bits per heavy atom. The highest BCUT2D eigenvalue weighted by Crippen LogP contribution is 2.23. The molecule has 0 heterocycles. The number of carbonyl (C=O) groups is 1. The molecule has 1 aromatic carbocycles. The minimum Gasteiger partial charge on any atom is -0.366 e. The fourth-order valence-electron chi connectivity index (χ4n) is 0.710. The minimum atomic E-state index is -0.451. The van der Waals surface area contributed by atoms with Gasteiger partial charge in [-0.15, -0.1) is 12.6 Å². The van der Waals surface area contributed by atoms with E-state index in [1.807, 2.05) is 0 Å². The van der Waals surface area contributed by atoms with Crippen molar-refractivity contribution >= 4 is 34.5 Å². The topological polar surface area (TPSA) is 43.1 Å². The summed E-state index contributed by atoms with van der Waals surface area (Å²) in [6, 6.07) is 5.15. The number of benzene rings is 1. The number of thiol groups is 1. The van der Waals surface area contributed by atoms with Crippen molar-refractivity contribution in [2.24, 2.45) is 5.73 Å². The fourth-order valence-corrected chi connectivity index (χ4v) is 1.38. The lowest BCUT2D eigenvalue weighted by Crippen LogP contribution is -2.11. The van der Waals surface area contributed by atoms with Gasteiger partial charge in [0, 0.05) is 9.37 Å². The zero-order chi connectivity index (χ0) is 8.43. The summed E-state index contributed by atoms with van der Waals surface area (Å²) >= 11 is 7.31. The summed E-state index contributed by atoms with van der Waals surface area (Å²) in [6.07, 6.45) is 0. The van der Waals surface area contributed by atoms with Crippen LogP contribution in [0.25, 0.3) is 0 Å². The second-order valence-corrected chi connectivity index (χ2v) is 3.28. The average molecular weight is 232 g/mol. The van der Waals surface area contributed by atoms with E-state index in [1.165, 1.54) is 0 Å². The third kappa shape index (κ3) is 1.75.